The largest absolute Gasteiger partial charge is 0.512 e. The summed E-state index contributed by atoms with van der Waals surface area (Å²) < 4.78 is 42.4. The number of benzene rings is 2. The number of rotatable bonds is 8. The molecule has 32 heavy (non-hydrogen) atoms. The van der Waals surface area contributed by atoms with Crippen molar-refractivity contribution in [2.24, 2.45) is 0 Å². The van der Waals surface area contributed by atoms with E-state index in [9.17, 15) is 4.57 Å². The van der Waals surface area contributed by atoms with Gasteiger partial charge in [0.1, 0.15) is 11.5 Å². The molecule has 4 rings (SSSR count). The number of morpholine rings is 1. The van der Waals surface area contributed by atoms with Crippen LogP contribution in [0.5, 0.6) is 23.0 Å². The van der Waals surface area contributed by atoms with Gasteiger partial charge < -0.3 is 23.3 Å². The minimum Gasteiger partial charge on any atom is -0.454 e. The van der Waals surface area contributed by atoms with Gasteiger partial charge in [-0.25, -0.2) is 4.57 Å². The first-order chi connectivity index (χ1) is 15.3. The summed E-state index contributed by atoms with van der Waals surface area (Å²) in [5.74, 6) is 2.13. The van der Waals surface area contributed by atoms with E-state index >= 15 is 0 Å². The second-order valence-electron chi connectivity index (χ2n) is 8.81. The van der Waals surface area contributed by atoms with Gasteiger partial charge in [0.25, 0.3) is 0 Å². The van der Waals surface area contributed by atoms with E-state index in [2.05, 4.69) is 30.8 Å². The summed E-state index contributed by atoms with van der Waals surface area (Å²) in [6, 6.07) is 12.7. The zero-order valence-electron chi connectivity index (χ0n) is 18.8. The van der Waals surface area contributed by atoms with Gasteiger partial charge in [0.2, 0.25) is 6.79 Å². The first-order valence-corrected chi connectivity index (χ1v) is 12.4. The van der Waals surface area contributed by atoms with Gasteiger partial charge in [0.15, 0.2) is 11.5 Å². The summed E-state index contributed by atoms with van der Waals surface area (Å²) in [5.41, 5.74) is 0.579. The predicted molar refractivity (Wildman–Crippen MR) is 124 cm³/mol. The Labute approximate surface area is 190 Å². The number of hydrogen-bond acceptors (Lipinski definition) is 7. The van der Waals surface area contributed by atoms with Gasteiger partial charge in [-0.3, -0.25) is 4.90 Å². The SMILES string of the molecule is CC(C)(C)c1cc2c(cc1OP(=O)(NCCN1CCOCC1)Oc1ccccc1)OCO2.[HH]. The van der Waals surface area contributed by atoms with Gasteiger partial charge in [-0.15, -0.1) is 0 Å². The fraction of sp³-hybridized carbons (Fsp3) is 0.478. The number of nitrogens with zero attached hydrogens (tertiary/aromatic N) is 1. The van der Waals surface area contributed by atoms with Crippen LogP contribution in [0.4, 0.5) is 0 Å². The first kappa shape index (κ1) is 22.9. The zero-order valence-corrected chi connectivity index (χ0v) is 19.7. The summed E-state index contributed by atoms with van der Waals surface area (Å²) in [6.07, 6.45) is 0. The van der Waals surface area contributed by atoms with Gasteiger partial charge in [-0.1, -0.05) is 39.0 Å². The van der Waals surface area contributed by atoms with Gasteiger partial charge >= 0.3 is 7.75 Å². The highest BCUT2D eigenvalue weighted by Gasteiger charge is 2.33. The van der Waals surface area contributed by atoms with E-state index in [1.54, 1.807) is 18.2 Å². The van der Waals surface area contributed by atoms with Gasteiger partial charge in [-0.05, 0) is 23.6 Å². The van der Waals surface area contributed by atoms with Crippen molar-refractivity contribution in [3.63, 3.8) is 0 Å². The maximum Gasteiger partial charge on any atom is 0.512 e. The lowest BCUT2D eigenvalue weighted by molar-refractivity contribution is 0.0389. The Morgan fingerprint density at radius 3 is 2.44 bits per heavy atom. The summed E-state index contributed by atoms with van der Waals surface area (Å²) in [7, 11) is -3.76. The van der Waals surface area contributed by atoms with Crippen molar-refractivity contribution in [3.8, 4) is 23.0 Å². The molecule has 1 N–H and O–H groups in total. The third-order valence-corrected chi connectivity index (χ3v) is 6.81. The van der Waals surface area contributed by atoms with E-state index in [0.29, 0.717) is 49.3 Å². The van der Waals surface area contributed by atoms with Crippen LogP contribution in [0.1, 0.15) is 27.8 Å². The van der Waals surface area contributed by atoms with Crippen molar-refractivity contribution in [2.75, 3.05) is 46.2 Å². The van der Waals surface area contributed by atoms with Crippen molar-refractivity contribution in [1.82, 2.24) is 9.99 Å². The van der Waals surface area contributed by atoms with E-state index in [-0.39, 0.29) is 13.6 Å². The minimum absolute atomic E-state index is 0. The molecule has 1 atom stereocenters. The van der Waals surface area contributed by atoms with Crippen molar-refractivity contribution >= 4 is 7.75 Å². The fourth-order valence-electron chi connectivity index (χ4n) is 3.59. The average molecular weight is 464 g/mol. The Morgan fingerprint density at radius 2 is 1.75 bits per heavy atom. The van der Waals surface area contributed by atoms with E-state index in [0.717, 1.165) is 18.7 Å². The minimum atomic E-state index is -3.76. The second-order valence-corrected chi connectivity index (χ2v) is 10.5. The van der Waals surface area contributed by atoms with Crippen LogP contribution in [0.25, 0.3) is 0 Å². The number of ether oxygens (including phenoxy) is 3. The van der Waals surface area contributed by atoms with Crippen LogP contribution in [0.15, 0.2) is 42.5 Å². The maximum atomic E-state index is 13.9. The van der Waals surface area contributed by atoms with E-state index in [1.807, 2.05) is 24.3 Å². The Bertz CT molecular complexity index is 963. The number of hydrogen-bond donors (Lipinski definition) is 1. The molecule has 0 aliphatic carbocycles. The monoisotopic (exact) mass is 464 g/mol. The highest BCUT2D eigenvalue weighted by Crippen LogP contribution is 2.50. The highest BCUT2D eigenvalue weighted by molar-refractivity contribution is 7.52. The molecular weight excluding hydrogens is 431 g/mol. The van der Waals surface area contributed by atoms with E-state index in [1.165, 1.54) is 0 Å². The fourth-order valence-corrected chi connectivity index (χ4v) is 4.94. The normalized spacial score (nSPS) is 18.2. The summed E-state index contributed by atoms with van der Waals surface area (Å²) >= 11 is 0. The summed E-state index contributed by atoms with van der Waals surface area (Å²) in [4.78, 5) is 2.25. The van der Waals surface area contributed by atoms with Crippen LogP contribution in [-0.2, 0) is 14.7 Å². The predicted octanol–water partition coefficient (Wildman–Crippen LogP) is 4.45. The lowest BCUT2D eigenvalue weighted by atomic mass is 9.86. The zero-order chi connectivity index (χ0) is 22.6. The summed E-state index contributed by atoms with van der Waals surface area (Å²) in [6.45, 7) is 10.6. The quantitative estimate of drug-likeness (QED) is 0.575. The number of nitrogens with one attached hydrogen (secondary N) is 1. The topological polar surface area (TPSA) is 78.5 Å². The van der Waals surface area contributed by atoms with Crippen LogP contribution >= 0.6 is 7.75 Å². The molecule has 0 saturated carbocycles. The average Bonchev–Trinajstić information content (AvgIpc) is 3.21. The standard InChI is InChI=1S/C23H31N2O6P.H2/c1-23(2,3)19-15-21-22(29-17-28-21)16-20(19)31-32(26,30-18-7-5-4-6-8-18)24-9-10-25-11-13-27-14-12-25;/h4-8,15-16H,9-14,17H2,1-3H3,(H,24,26);1H. The molecule has 2 aliphatic heterocycles. The number of para-hydroxylation sites is 1. The second kappa shape index (κ2) is 9.71. The third-order valence-electron chi connectivity index (χ3n) is 5.31. The molecule has 0 radical (unpaired) electrons. The molecule has 0 spiro atoms. The molecule has 1 unspecified atom stereocenters. The lowest BCUT2D eigenvalue weighted by Gasteiger charge is -2.28. The van der Waals surface area contributed by atoms with E-state index < -0.39 is 7.75 Å². The van der Waals surface area contributed by atoms with Crippen LogP contribution < -0.4 is 23.6 Å². The van der Waals surface area contributed by atoms with Crippen LogP contribution in [0.3, 0.4) is 0 Å². The Hall–Kier alpha value is -2.25. The Morgan fingerprint density at radius 1 is 1.06 bits per heavy atom. The number of fused-ring (bicyclic) bond motifs is 1. The highest BCUT2D eigenvalue weighted by atomic mass is 31.2. The Kier molecular flexibility index (Phi) is 6.96. The maximum absolute atomic E-state index is 13.9. The molecule has 2 aromatic rings. The molecule has 8 nitrogen and oxygen atoms in total. The van der Waals surface area contributed by atoms with Crippen molar-refractivity contribution in [1.29, 1.82) is 0 Å². The third kappa shape index (κ3) is 5.75. The van der Waals surface area contributed by atoms with Gasteiger partial charge in [-0.2, -0.15) is 5.09 Å². The molecule has 2 aromatic carbocycles. The van der Waals surface area contributed by atoms with Crippen LogP contribution in [-0.4, -0.2) is 51.1 Å². The molecule has 0 bridgehead atoms. The first-order valence-electron chi connectivity index (χ1n) is 10.9. The molecule has 2 aliphatic rings. The molecule has 1 fully saturated rings. The Balaban J connectivity index is 0.00000306. The van der Waals surface area contributed by atoms with Crippen LogP contribution in [0, 0.1) is 0 Å². The molecule has 0 amide bonds. The summed E-state index contributed by atoms with van der Waals surface area (Å²) in [5, 5.41) is 3.04. The molecule has 1 saturated heterocycles. The smallest absolute Gasteiger partial charge is 0.454 e. The van der Waals surface area contributed by atoms with Crippen molar-refractivity contribution < 1.29 is 29.2 Å². The van der Waals surface area contributed by atoms with E-state index in [4.69, 9.17) is 23.3 Å². The van der Waals surface area contributed by atoms with Gasteiger partial charge in [0.05, 0.1) is 13.2 Å². The lowest BCUT2D eigenvalue weighted by Crippen LogP contribution is -2.40. The molecule has 0 aromatic heterocycles. The molecule has 176 valence electrons. The van der Waals surface area contributed by atoms with Crippen molar-refractivity contribution in [2.45, 2.75) is 26.2 Å². The van der Waals surface area contributed by atoms with Gasteiger partial charge in [0, 0.05) is 39.2 Å². The van der Waals surface area contributed by atoms with Crippen LogP contribution in [0.2, 0.25) is 0 Å². The van der Waals surface area contributed by atoms with Crippen molar-refractivity contribution in [3.05, 3.63) is 48.0 Å². The molecule has 2 heterocycles. The molecule has 9 heteroatoms. The molecular formula is C23H33N2O6P.